The first kappa shape index (κ1) is 63.8. The molecule has 4 heterocycles. The first-order valence-corrected chi connectivity index (χ1v) is 36.0. The van der Waals surface area contributed by atoms with Crippen molar-refractivity contribution >= 4 is 23.6 Å². The number of hydrogen-bond donors (Lipinski definition) is 6. The van der Waals surface area contributed by atoms with Crippen LogP contribution in [0.25, 0.3) is 0 Å². The average molecular weight is 1260 g/mol. The van der Waals surface area contributed by atoms with Crippen LogP contribution in [0.4, 0.5) is 0 Å². The van der Waals surface area contributed by atoms with Crippen LogP contribution in [0.15, 0.2) is 73.1 Å². The smallest absolute Gasteiger partial charge is 0.250 e. The highest BCUT2D eigenvalue weighted by atomic mass is 16.3. The number of nitrogens with zero attached hydrogens (tertiary/aromatic N) is 8. The minimum Gasteiger partial charge on any atom is -0.393 e. The Morgan fingerprint density at radius 1 is 0.522 bits per heavy atom. The van der Waals surface area contributed by atoms with Crippen LogP contribution in [-0.4, -0.2) is 121 Å². The van der Waals surface area contributed by atoms with Crippen molar-refractivity contribution in [3.8, 4) is 0 Å². The van der Waals surface area contributed by atoms with Crippen molar-refractivity contribution in [3.05, 3.63) is 95.6 Å². The lowest BCUT2D eigenvalue weighted by Gasteiger charge is -2.62. The van der Waals surface area contributed by atoms with Gasteiger partial charge in [-0.05, 0) is 219 Å². The van der Waals surface area contributed by atoms with E-state index in [2.05, 4.69) is 72.8 Å². The average Bonchev–Trinajstić information content (AvgIpc) is 1.20. The van der Waals surface area contributed by atoms with Crippen molar-refractivity contribution in [3.63, 3.8) is 0 Å². The fourth-order valence-corrected chi connectivity index (χ4v) is 23.4. The summed E-state index contributed by atoms with van der Waals surface area (Å²) in [6, 6.07) is 17.6. The lowest BCUT2D eigenvalue weighted by Crippen LogP contribution is -2.61. The molecule has 2 aromatic heterocycles. The van der Waals surface area contributed by atoms with Gasteiger partial charge in [-0.3, -0.25) is 19.2 Å². The van der Waals surface area contributed by atoms with Crippen LogP contribution in [0.5, 0.6) is 0 Å². The Kier molecular flexibility index (Phi) is 17.3. The van der Waals surface area contributed by atoms with E-state index in [-0.39, 0.29) is 120 Å². The van der Waals surface area contributed by atoms with E-state index in [0.29, 0.717) is 83.4 Å². The van der Waals surface area contributed by atoms with Gasteiger partial charge in [-0.15, -0.1) is 10.2 Å². The van der Waals surface area contributed by atoms with E-state index >= 15 is 0 Å². The summed E-state index contributed by atoms with van der Waals surface area (Å²) in [6.45, 7) is 15.1. The number of hydrogen-bond acceptors (Lipinski definition) is 12. The second kappa shape index (κ2) is 24.9. The topological polar surface area (TPSA) is 241 Å². The quantitative estimate of drug-likeness (QED) is 0.0481. The molecule has 8 saturated carbocycles. The summed E-state index contributed by atoms with van der Waals surface area (Å²) < 4.78 is 3.22. The van der Waals surface area contributed by atoms with Crippen LogP contribution in [0.1, 0.15) is 217 Å². The van der Waals surface area contributed by atoms with Gasteiger partial charge in [-0.1, -0.05) is 113 Å². The molecule has 0 radical (unpaired) electrons. The number of β-lactam (4-membered cyclic amide) rings is 2. The number of benzene rings is 2. The molecule has 24 atom stereocenters. The summed E-state index contributed by atoms with van der Waals surface area (Å²) in [5.41, 5.74) is 3.03. The van der Waals surface area contributed by atoms with Gasteiger partial charge < -0.3 is 40.9 Å². The van der Waals surface area contributed by atoms with E-state index in [9.17, 15) is 39.6 Å². The Morgan fingerprint density at radius 3 is 1.33 bits per heavy atom. The Morgan fingerprint density at radius 2 is 0.924 bits per heavy atom. The van der Waals surface area contributed by atoms with E-state index in [1.54, 1.807) is 21.8 Å². The molecule has 0 spiro atoms. The molecule has 8 aliphatic carbocycles. The first-order valence-electron chi connectivity index (χ1n) is 36.0. The van der Waals surface area contributed by atoms with Crippen molar-refractivity contribution in [2.75, 3.05) is 13.1 Å². The van der Waals surface area contributed by atoms with Crippen LogP contribution < -0.4 is 10.6 Å². The van der Waals surface area contributed by atoms with Crippen molar-refractivity contribution < 1.29 is 39.6 Å². The van der Waals surface area contributed by atoms with Crippen LogP contribution in [0, 0.1) is 92.7 Å². The number of fused-ring (bicyclic) bond motifs is 10. The van der Waals surface area contributed by atoms with E-state index in [4.69, 9.17) is 0 Å². The zero-order valence-corrected chi connectivity index (χ0v) is 55.4. The Balaban J connectivity index is 0.560. The molecule has 498 valence electrons. The Hall–Kier alpha value is -5.56. The highest BCUT2D eigenvalue weighted by Gasteiger charge is 2.66. The molecule has 18 nitrogen and oxygen atoms in total. The number of nitrogens with one attached hydrogen (secondary N) is 2. The highest BCUT2D eigenvalue weighted by Crippen LogP contribution is 2.70. The predicted molar refractivity (Wildman–Crippen MR) is 346 cm³/mol. The maximum absolute atomic E-state index is 14.4. The number of aromatic nitrogens is 6. The SMILES string of the molecule is C[C@H](CCC(=O)NCc1cn([C@@H]2C(=O)N(CCN3C(=O)[C@H](n4cc(CNC(=O)CC[C@@H](C)[C@H]5CC[C@H]6[C@@H]7CC[C@@H]8C[C@H](O)CC[C@]8(C)[C@H]7C[C@H](O)[C@]56C)nn4)[C@@H]3c3ccccc3)[C@@H]2c2ccccc2)nn1)[C@H]1CC[C@H]2[C@@H]3CC[C@@H]4C[C@H](O)CC[C@]4(C)[C@H]3C[C@H](O)[C@]12C. The lowest BCUT2D eigenvalue weighted by atomic mass is 9.43. The van der Waals surface area contributed by atoms with Gasteiger partial charge in [0.05, 0.1) is 62.0 Å². The lowest BCUT2D eigenvalue weighted by molar-refractivity contribution is -0.175. The number of aliphatic hydroxyl groups excluding tert-OH is 4. The van der Waals surface area contributed by atoms with Gasteiger partial charge in [0.2, 0.25) is 11.8 Å². The normalized spacial score (nSPS) is 41.0. The number of likely N-dealkylation sites (tertiary alicyclic amines) is 2. The molecule has 14 rings (SSSR count). The van der Waals surface area contributed by atoms with E-state index in [0.717, 1.165) is 101 Å². The van der Waals surface area contributed by atoms with E-state index in [1.807, 2.05) is 70.5 Å². The third kappa shape index (κ3) is 10.8. The Bertz CT molecular complexity index is 3110. The molecule has 10 fully saturated rings. The van der Waals surface area contributed by atoms with Crippen molar-refractivity contribution in [2.24, 2.45) is 92.7 Å². The van der Waals surface area contributed by atoms with Gasteiger partial charge in [0, 0.05) is 25.9 Å². The predicted octanol–water partition coefficient (Wildman–Crippen LogP) is 9.87. The second-order valence-electron chi connectivity index (χ2n) is 32.4. The number of carbonyl (C=O) groups excluding carboxylic acids is 4. The molecule has 2 aromatic carbocycles. The number of rotatable bonds is 19. The Labute approximate surface area is 544 Å². The summed E-state index contributed by atoms with van der Waals surface area (Å²) in [7, 11) is 0. The number of amides is 4. The number of carbonyl (C=O) groups is 4. The molecule has 2 saturated heterocycles. The molecule has 0 unspecified atom stereocenters. The molecular weight excluding hydrogens is 1160 g/mol. The van der Waals surface area contributed by atoms with Crippen LogP contribution in [-0.2, 0) is 32.3 Å². The fourth-order valence-electron chi connectivity index (χ4n) is 23.4. The molecule has 6 N–H and O–H groups in total. The molecule has 92 heavy (non-hydrogen) atoms. The summed E-state index contributed by atoms with van der Waals surface area (Å²) in [4.78, 5) is 59.5. The summed E-state index contributed by atoms with van der Waals surface area (Å²) in [5.74, 6) is 5.15. The summed E-state index contributed by atoms with van der Waals surface area (Å²) >= 11 is 0. The summed E-state index contributed by atoms with van der Waals surface area (Å²) in [5, 5.41) is 69.2. The van der Waals surface area contributed by atoms with Crippen molar-refractivity contribution in [1.29, 1.82) is 0 Å². The van der Waals surface area contributed by atoms with Gasteiger partial charge in [-0.2, -0.15) is 0 Å². The molecule has 4 amide bonds. The molecule has 2 aliphatic heterocycles. The largest absolute Gasteiger partial charge is 0.393 e. The monoisotopic (exact) mass is 1260 g/mol. The fraction of sp³-hybridized carbons (Fsp3) is 0.730. The van der Waals surface area contributed by atoms with Crippen molar-refractivity contribution in [2.45, 2.75) is 232 Å². The molecular formula is C74H104N10O8. The van der Waals surface area contributed by atoms with Crippen LogP contribution in [0.3, 0.4) is 0 Å². The van der Waals surface area contributed by atoms with Gasteiger partial charge in [-0.25, -0.2) is 9.36 Å². The van der Waals surface area contributed by atoms with Gasteiger partial charge in [0.25, 0.3) is 11.8 Å². The van der Waals surface area contributed by atoms with Crippen molar-refractivity contribution in [1.82, 2.24) is 50.4 Å². The van der Waals surface area contributed by atoms with Gasteiger partial charge in [0.1, 0.15) is 11.4 Å². The maximum atomic E-state index is 14.4. The first-order chi connectivity index (χ1) is 44.2. The van der Waals surface area contributed by atoms with E-state index in [1.165, 1.54) is 25.7 Å². The molecule has 10 aliphatic rings. The van der Waals surface area contributed by atoms with Crippen LogP contribution in [0.2, 0.25) is 0 Å². The number of aliphatic hydroxyl groups is 4. The zero-order valence-electron chi connectivity index (χ0n) is 55.4. The van der Waals surface area contributed by atoms with Crippen LogP contribution >= 0.6 is 0 Å². The molecule has 18 heteroatoms. The minimum absolute atomic E-state index is 0.0588. The molecule has 4 aromatic rings. The third-order valence-corrected chi connectivity index (χ3v) is 28.5. The maximum Gasteiger partial charge on any atom is 0.250 e. The van der Waals surface area contributed by atoms with Gasteiger partial charge in [0.15, 0.2) is 12.1 Å². The highest BCUT2D eigenvalue weighted by molar-refractivity contribution is 5.90. The zero-order chi connectivity index (χ0) is 64.2. The minimum atomic E-state index is -0.668. The van der Waals surface area contributed by atoms with E-state index < -0.39 is 12.1 Å². The molecule has 0 bridgehead atoms. The van der Waals surface area contributed by atoms with Gasteiger partial charge >= 0.3 is 0 Å². The summed E-state index contributed by atoms with van der Waals surface area (Å²) in [6.07, 6.45) is 21.2. The second-order valence-corrected chi connectivity index (χ2v) is 32.4. The standard InChI is InChI=1S/C74H104N10O8/c1-43(55-23-25-57-53-21-19-47-35-51(85)29-31-71(47,3)59(53)37-61(87)73(55,57)5)17-27-63(89)75-39-49-41-83(79-77-49)67-65(45-13-9-7-10-14-45)81(69(67)91)33-34-82-66(46-15-11-8-12-16-46)68(70(82)92)84-42-50(78-80-84)40-76-64(90)28-18-44(2)56-24-26-58-54-22-20-48-36-52(86)30-32-72(48,4)60(54)38-62(88)74(56,58)6/h7-16,41-44,47-48,51-62,65-68,85-88H,17-40H2,1-6H3,(H,75,89)(H,76,90)/t43-,44-,47-,48-,51-,52-,53+,54+,55-,56-,57+,58+,59+,60+,61+,62+,65-,66+,67+,68-,71+,72+,73-,74-/m1/s1. The third-order valence-electron chi connectivity index (χ3n) is 28.5.